The van der Waals surface area contributed by atoms with Crippen LogP contribution in [0.15, 0.2) is 12.3 Å². The monoisotopic (exact) mass is 124 g/mol. The number of carbonyl (C=O) groups is 1. The van der Waals surface area contributed by atoms with Crippen LogP contribution in [-0.2, 0) is 0 Å². The molecule has 1 heterocycles. The quantitative estimate of drug-likeness (QED) is 0.359. The van der Waals surface area contributed by atoms with Gasteiger partial charge in [0.25, 0.3) is 0 Å². The summed E-state index contributed by atoms with van der Waals surface area (Å²) in [5.41, 5.74) is 0.664. The van der Waals surface area contributed by atoms with Crippen molar-refractivity contribution in [2.45, 2.75) is 0 Å². The lowest BCUT2D eigenvalue weighted by atomic mass is 10.5. The highest BCUT2D eigenvalue weighted by molar-refractivity contribution is 6.07. The van der Waals surface area contributed by atoms with E-state index in [0.717, 1.165) is 22.8 Å². The van der Waals surface area contributed by atoms with Crippen molar-refractivity contribution < 1.29 is 4.79 Å². The molecule has 0 aliphatic carbocycles. The first-order valence-electron chi connectivity index (χ1n) is 2.28. The molecule has 0 radical (unpaired) electrons. The maximum Gasteiger partial charge on any atom is 0.399 e. The van der Waals surface area contributed by atoms with Gasteiger partial charge in [-0.25, -0.2) is 5.10 Å². The minimum Gasteiger partial charge on any atom is -0.366 e. The Balaban J connectivity index is 3.09. The molecule has 0 spiro atoms. The van der Waals surface area contributed by atoms with Gasteiger partial charge in [0, 0.05) is 6.20 Å². The largest absolute Gasteiger partial charge is 0.399 e. The summed E-state index contributed by atoms with van der Waals surface area (Å²) in [5.74, 6) is 0. The molecule has 0 fully saturated rings. The van der Waals surface area contributed by atoms with Crippen molar-refractivity contribution in [2.24, 2.45) is 0 Å². The number of hydrogen-bond donors (Lipinski definition) is 0. The molecule has 1 rings (SSSR count). The Morgan fingerprint density at radius 3 is 2.88 bits per heavy atom. The lowest BCUT2D eigenvalue weighted by molar-refractivity contribution is 0.111. The molecule has 0 aromatic carbocycles. The van der Waals surface area contributed by atoms with Crippen LogP contribution in [0.5, 0.6) is 0 Å². The Morgan fingerprint density at radius 1 is 1.88 bits per heavy atom. The first-order chi connectivity index (χ1) is 3.84. The predicted molar refractivity (Wildman–Crippen MR) is 31.6 cm³/mol. The summed E-state index contributed by atoms with van der Waals surface area (Å²) in [7, 11) is 0. The maximum absolute atomic E-state index is 10.0. The zero-order chi connectivity index (χ0) is 5.98. The average molecular weight is 124 g/mol. The van der Waals surface area contributed by atoms with Crippen LogP contribution in [-0.4, -0.2) is 31.6 Å². The van der Waals surface area contributed by atoms with Gasteiger partial charge in [-0.3, -0.25) is 4.79 Å². The first-order valence-corrected chi connectivity index (χ1v) is 3.17. The van der Waals surface area contributed by atoms with Gasteiger partial charge in [-0.15, -0.1) is 0 Å². The van der Waals surface area contributed by atoms with Gasteiger partial charge in [0.15, 0.2) is 6.29 Å². The third-order valence-electron chi connectivity index (χ3n) is 0.980. The van der Waals surface area contributed by atoms with E-state index in [4.69, 9.17) is 0 Å². The number of nitrogens with zero attached hydrogens (tertiary/aromatic N) is 2. The van der Waals surface area contributed by atoms with E-state index in [1.807, 2.05) is 0 Å². The second-order valence-electron chi connectivity index (χ2n) is 1.50. The van der Waals surface area contributed by atoms with Crippen LogP contribution in [0.25, 0.3) is 0 Å². The molecule has 0 saturated carbocycles. The summed E-state index contributed by atoms with van der Waals surface area (Å²) in [6, 6.07) is 1.69. The molecule has 8 heavy (non-hydrogen) atoms. The van der Waals surface area contributed by atoms with Crippen LogP contribution >= 0.6 is 0 Å². The lowest BCUT2D eigenvalue weighted by Gasteiger charge is -1.87. The van der Waals surface area contributed by atoms with Crippen LogP contribution in [0.3, 0.4) is 0 Å². The summed E-state index contributed by atoms with van der Waals surface area (Å²) in [4.78, 5) is 10.0. The van der Waals surface area contributed by atoms with Crippen molar-refractivity contribution in [3.05, 3.63) is 18.0 Å². The summed E-state index contributed by atoms with van der Waals surface area (Å²) in [5, 5.41) is 3.83. The number of carbonyl (C=O) groups excluding carboxylic acids is 1. The van der Waals surface area contributed by atoms with Crippen molar-refractivity contribution in [1.82, 2.24) is 8.76 Å². The Hall–Kier alpha value is -0.588. The van der Waals surface area contributed by atoms with Crippen molar-refractivity contribution in [1.29, 1.82) is 0 Å². The van der Waals surface area contributed by atoms with E-state index in [0.29, 0.717) is 5.69 Å². The zero-order valence-electron chi connectivity index (χ0n) is 4.53. The van der Waals surface area contributed by atoms with Gasteiger partial charge in [-0.1, -0.05) is 0 Å². The Labute approximate surface area is 54.9 Å². The van der Waals surface area contributed by atoms with Crippen LogP contribution in [0.1, 0.15) is 10.5 Å². The second kappa shape index (κ2) is 2.12. The molecular formula is C4H5AlN2O. The minimum absolute atomic E-state index is 0.664. The molecule has 0 N–H and O–H groups in total. The third kappa shape index (κ3) is 0.809. The Kier molecular flexibility index (Phi) is 1.47. The van der Waals surface area contributed by atoms with Gasteiger partial charge in [-0.2, -0.15) is 0 Å². The first kappa shape index (κ1) is 5.55. The van der Waals surface area contributed by atoms with Gasteiger partial charge in [-0.05, 0) is 6.07 Å². The van der Waals surface area contributed by atoms with E-state index in [1.165, 1.54) is 0 Å². The SMILES string of the molecule is O=Cc1ccn[n]1[AlH2]. The van der Waals surface area contributed by atoms with Gasteiger partial charge < -0.3 is 3.67 Å². The second-order valence-corrected chi connectivity index (χ2v) is 2.34. The van der Waals surface area contributed by atoms with Crippen LogP contribution in [0.2, 0.25) is 0 Å². The maximum atomic E-state index is 10.0. The zero-order valence-corrected chi connectivity index (χ0v) is 6.53. The lowest BCUT2D eigenvalue weighted by Crippen LogP contribution is -1.97. The fourth-order valence-corrected chi connectivity index (χ4v) is 0.888. The molecule has 40 valence electrons. The third-order valence-corrected chi connectivity index (χ3v) is 1.73. The molecule has 1 aromatic rings. The molecule has 0 amide bonds. The van der Waals surface area contributed by atoms with Crippen LogP contribution in [0.4, 0.5) is 0 Å². The van der Waals surface area contributed by atoms with E-state index < -0.39 is 0 Å². The van der Waals surface area contributed by atoms with Crippen molar-refractivity contribution in [3.8, 4) is 0 Å². The molecule has 3 nitrogen and oxygen atoms in total. The minimum atomic E-state index is 0.664. The normalized spacial score (nSPS) is 9.00. The van der Waals surface area contributed by atoms with Crippen molar-refractivity contribution >= 4 is 22.8 Å². The highest BCUT2D eigenvalue weighted by atomic mass is 27.1. The average Bonchev–Trinajstić information content (AvgIpc) is 2.14. The van der Waals surface area contributed by atoms with E-state index in [1.54, 1.807) is 15.9 Å². The number of aldehydes is 1. The highest BCUT2D eigenvalue weighted by Gasteiger charge is 1.90. The summed E-state index contributed by atoms with van der Waals surface area (Å²) < 4.78 is 1.66. The van der Waals surface area contributed by atoms with Gasteiger partial charge in [0.2, 0.25) is 0 Å². The van der Waals surface area contributed by atoms with E-state index in [2.05, 4.69) is 5.10 Å². The van der Waals surface area contributed by atoms with E-state index in [9.17, 15) is 4.79 Å². The Morgan fingerprint density at radius 2 is 2.62 bits per heavy atom. The topological polar surface area (TPSA) is 34.9 Å². The molecule has 0 aliphatic heterocycles. The number of rotatable bonds is 1. The van der Waals surface area contributed by atoms with Crippen LogP contribution < -0.4 is 0 Å². The smallest absolute Gasteiger partial charge is 0.366 e. The standard InChI is InChI=1S/C4H4N2O.Al.2H/c7-3-4-1-2-5-6-4;;;/h1-3H,(H,5,6,7);;;/q;+1;;/p-1. The molecule has 0 unspecified atom stereocenters. The number of aromatic nitrogens is 2. The molecule has 0 atom stereocenters. The molecule has 4 heteroatoms. The molecule has 0 aliphatic rings. The predicted octanol–water partition coefficient (Wildman–Crippen LogP) is -0.908. The molecule has 1 aromatic heterocycles. The summed E-state index contributed by atoms with van der Waals surface area (Å²) >= 11 is 0.782. The van der Waals surface area contributed by atoms with E-state index in [-0.39, 0.29) is 0 Å². The van der Waals surface area contributed by atoms with Gasteiger partial charge in [0.05, 0.1) is 5.69 Å². The van der Waals surface area contributed by atoms with Gasteiger partial charge >= 0.3 is 16.5 Å². The van der Waals surface area contributed by atoms with Crippen LogP contribution in [0, 0.1) is 0 Å². The van der Waals surface area contributed by atoms with Crippen molar-refractivity contribution in [2.75, 3.05) is 0 Å². The Bertz CT molecular complexity index is 196. The highest BCUT2D eigenvalue weighted by Crippen LogP contribution is 1.87. The van der Waals surface area contributed by atoms with E-state index >= 15 is 0 Å². The molecule has 0 saturated heterocycles. The van der Waals surface area contributed by atoms with Gasteiger partial charge in [0.1, 0.15) is 0 Å². The fourth-order valence-electron chi connectivity index (χ4n) is 0.500. The van der Waals surface area contributed by atoms with Crippen molar-refractivity contribution in [3.63, 3.8) is 0 Å². The summed E-state index contributed by atoms with van der Waals surface area (Å²) in [6.07, 6.45) is 2.43. The fraction of sp³-hybridized carbons (Fsp3) is 0. The molecule has 0 bridgehead atoms. The molecular weight excluding hydrogens is 119 g/mol. The number of hydrogen-bond acceptors (Lipinski definition) is 2. The summed E-state index contributed by atoms with van der Waals surface area (Å²) in [6.45, 7) is 0.